The van der Waals surface area contributed by atoms with Crippen molar-refractivity contribution in [1.82, 2.24) is 5.43 Å². The zero-order valence-corrected chi connectivity index (χ0v) is 12.9. The number of benzene rings is 1. The van der Waals surface area contributed by atoms with Gasteiger partial charge in [0.1, 0.15) is 5.75 Å². The first-order valence-corrected chi connectivity index (χ1v) is 8.52. The number of carbonyl (C=O) groups is 1. The van der Waals surface area contributed by atoms with E-state index in [-0.39, 0.29) is 17.3 Å². The van der Waals surface area contributed by atoms with E-state index in [4.69, 9.17) is 11.6 Å². The molecule has 1 aliphatic rings. The van der Waals surface area contributed by atoms with E-state index in [1.807, 2.05) is 0 Å². The third kappa shape index (κ3) is 3.95. The van der Waals surface area contributed by atoms with Crippen LogP contribution in [0, 0.1) is 5.92 Å². The lowest BCUT2D eigenvalue weighted by molar-refractivity contribution is -0.124. The van der Waals surface area contributed by atoms with E-state index in [0.29, 0.717) is 22.7 Å². The van der Waals surface area contributed by atoms with Crippen LogP contribution >= 0.6 is 11.6 Å². The van der Waals surface area contributed by atoms with Gasteiger partial charge in [-0.15, -0.1) is 0 Å². The Hall–Kier alpha value is -1.60. The standard InChI is InChI=1S/C13H15ClN2O4S/c1-8(11-6-10(14)2-3-12(11)17)15-16-13(18)9-4-5-21(19,20)7-9/h2-3,6,9,17H,4-5,7H2,1H3,(H,16,18)/b15-8+/t9-/m0/s1. The van der Waals surface area contributed by atoms with Crippen LogP contribution in [-0.2, 0) is 14.6 Å². The van der Waals surface area contributed by atoms with Crippen LogP contribution in [0.1, 0.15) is 18.9 Å². The Bertz CT molecular complexity index is 700. The first-order chi connectivity index (χ1) is 9.78. The van der Waals surface area contributed by atoms with Crippen LogP contribution in [0.2, 0.25) is 5.02 Å². The predicted octanol–water partition coefficient (Wildman–Crippen LogP) is 1.32. The number of phenolic OH excluding ortho intramolecular Hbond substituents is 1. The highest BCUT2D eigenvalue weighted by atomic mass is 35.5. The molecule has 1 atom stereocenters. The molecular weight excluding hydrogens is 316 g/mol. The van der Waals surface area contributed by atoms with Gasteiger partial charge in [-0.2, -0.15) is 5.10 Å². The second-order valence-corrected chi connectivity index (χ2v) is 7.60. The monoisotopic (exact) mass is 330 g/mol. The Labute approximate surface area is 127 Å². The number of sulfone groups is 1. The maximum atomic E-state index is 11.8. The van der Waals surface area contributed by atoms with E-state index in [0.717, 1.165) is 0 Å². The molecule has 0 bridgehead atoms. The lowest BCUT2D eigenvalue weighted by Crippen LogP contribution is -2.28. The predicted molar refractivity (Wildman–Crippen MR) is 80.2 cm³/mol. The first-order valence-electron chi connectivity index (χ1n) is 6.32. The molecular formula is C13H15ClN2O4S. The first kappa shape index (κ1) is 15.8. The van der Waals surface area contributed by atoms with E-state index < -0.39 is 21.7 Å². The number of nitrogens with zero attached hydrogens (tertiary/aromatic N) is 1. The van der Waals surface area contributed by atoms with Crippen LogP contribution in [0.4, 0.5) is 0 Å². The highest BCUT2D eigenvalue weighted by Crippen LogP contribution is 2.22. The molecule has 8 heteroatoms. The van der Waals surface area contributed by atoms with Crippen molar-refractivity contribution in [1.29, 1.82) is 0 Å². The maximum absolute atomic E-state index is 11.8. The minimum absolute atomic E-state index is 0.00153. The molecule has 0 aliphatic carbocycles. The van der Waals surface area contributed by atoms with Crippen LogP contribution in [0.3, 0.4) is 0 Å². The Kier molecular flexibility index (Phi) is 4.53. The second-order valence-electron chi connectivity index (χ2n) is 4.93. The maximum Gasteiger partial charge on any atom is 0.244 e. The van der Waals surface area contributed by atoms with Crippen LogP contribution in [0.15, 0.2) is 23.3 Å². The van der Waals surface area contributed by atoms with Crippen molar-refractivity contribution in [2.45, 2.75) is 13.3 Å². The molecule has 1 fully saturated rings. The molecule has 1 aromatic carbocycles. The highest BCUT2D eigenvalue weighted by molar-refractivity contribution is 7.91. The van der Waals surface area contributed by atoms with Gasteiger partial charge in [0.05, 0.1) is 23.1 Å². The van der Waals surface area contributed by atoms with Crippen molar-refractivity contribution in [2.75, 3.05) is 11.5 Å². The fourth-order valence-electron chi connectivity index (χ4n) is 2.09. The van der Waals surface area contributed by atoms with Gasteiger partial charge in [-0.05, 0) is 31.5 Å². The smallest absolute Gasteiger partial charge is 0.244 e. The minimum Gasteiger partial charge on any atom is -0.507 e. The lowest BCUT2D eigenvalue weighted by Gasteiger charge is -2.08. The summed E-state index contributed by atoms with van der Waals surface area (Å²) in [7, 11) is -3.11. The van der Waals surface area contributed by atoms with Crippen molar-refractivity contribution >= 4 is 33.1 Å². The van der Waals surface area contributed by atoms with Gasteiger partial charge in [-0.1, -0.05) is 11.6 Å². The average molecular weight is 331 g/mol. The number of hydrogen-bond donors (Lipinski definition) is 2. The molecule has 21 heavy (non-hydrogen) atoms. The average Bonchev–Trinajstić information content (AvgIpc) is 2.79. The number of carbonyl (C=O) groups excluding carboxylic acids is 1. The largest absolute Gasteiger partial charge is 0.507 e. The van der Waals surface area contributed by atoms with E-state index in [1.165, 1.54) is 18.2 Å². The molecule has 1 aliphatic heterocycles. The molecule has 0 unspecified atom stereocenters. The van der Waals surface area contributed by atoms with Crippen LogP contribution < -0.4 is 5.43 Å². The summed E-state index contributed by atoms with van der Waals surface area (Å²) >= 11 is 5.84. The van der Waals surface area contributed by atoms with Crippen molar-refractivity contribution in [2.24, 2.45) is 11.0 Å². The third-order valence-electron chi connectivity index (χ3n) is 3.29. The van der Waals surface area contributed by atoms with Gasteiger partial charge in [-0.25, -0.2) is 13.8 Å². The van der Waals surface area contributed by atoms with Crippen molar-refractivity contribution in [3.63, 3.8) is 0 Å². The fraction of sp³-hybridized carbons (Fsp3) is 0.385. The van der Waals surface area contributed by atoms with Crippen LogP contribution in [0.5, 0.6) is 5.75 Å². The number of nitrogens with one attached hydrogen (secondary N) is 1. The summed E-state index contributed by atoms with van der Waals surface area (Å²) < 4.78 is 22.6. The summed E-state index contributed by atoms with van der Waals surface area (Å²) in [5.41, 5.74) is 3.12. The molecule has 1 aromatic rings. The molecule has 114 valence electrons. The molecule has 6 nitrogen and oxygen atoms in total. The summed E-state index contributed by atoms with van der Waals surface area (Å²) in [5.74, 6) is -1.12. The van der Waals surface area contributed by atoms with E-state index in [9.17, 15) is 18.3 Å². The number of hydrogen-bond acceptors (Lipinski definition) is 5. The number of aromatic hydroxyl groups is 1. The molecule has 0 spiro atoms. The summed E-state index contributed by atoms with van der Waals surface area (Å²) in [6.45, 7) is 1.61. The molecule has 1 saturated heterocycles. The Balaban J connectivity index is 2.07. The summed E-state index contributed by atoms with van der Waals surface area (Å²) in [6.07, 6.45) is 0.311. The second kappa shape index (κ2) is 6.03. The zero-order valence-electron chi connectivity index (χ0n) is 11.3. The molecule has 2 rings (SSSR count). The van der Waals surface area contributed by atoms with E-state index in [1.54, 1.807) is 6.92 Å². The van der Waals surface area contributed by atoms with Gasteiger partial charge in [0.25, 0.3) is 0 Å². The summed E-state index contributed by atoms with van der Waals surface area (Å²) in [6, 6.07) is 4.50. The van der Waals surface area contributed by atoms with Gasteiger partial charge >= 0.3 is 0 Å². The number of amides is 1. The van der Waals surface area contributed by atoms with Crippen molar-refractivity contribution in [3.8, 4) is 5.75 Å². The topological polar surface area (TPSA) is 95.8 Å². The normalized spacial score (nSPS) is 21.2. The number of phenols is 1. The molecule has 0 aromatic heterocycles. The lowest BCUT2D eigenvalue weighted by atomic mass is 10.1. The third-order valence-corrected chi connectivity index (χ3v) is 5.29. The number of hydrazone groups is 1. The van der Waals surface area contributed by atoms with E-state index in [2.05, 4.69) is 10.5 Å². The van der Waals surface area contributed by atoms with Crippen LogP contribution in [0.25, 0.3) is 0 Å². The SMILES string of the molecule is C/C(=N\NC(=O)[C@H]1CCS(=O)(=O)C1)c1cc(Cl)ccc1O. The quantitative estimate of drug-likeness (QED) is 0.645. The van der Waals surface area contributed by atoms with Gasteiger partial charge < -0.3 is 5.11 Å². The Morgan fingerprint density at radius 3 is 2.81 bits per heavy atom. The number of halogens is 1. The Morgan fingerprint density at radius 1 is 1.48 bits per heavy atom. The highest BCUT2D eigenvalue weighted by Gasteiger charge is 2.32. The van der Waals surface area contributed by atoms with Gasteiger partial charge in [0.15, 0.2) is 9.84 Å². The number of rotatable bonds is 3. The Morgan fingerprint density at radius 2 is 2.19 bits per heavy atom. The molecule has 0 radical (unpaired) electrons. The fourth-order valence-corrected chi connectivity index (χ4v) is 4.00. The summed E-state index contributed by atoms with van der Waals surface area (Å²) in [5, 5.41) is 14.0. The zero-order chi connectivity index (χ0) is 15.6. The van der Waals surface area contributed by atoms with Crippen molar-refractivity contribution in [3.05, 3.63) is 28.8 Å². The molecule has 0 saturated carbocycles. The van der Waals surface area contributed by atoms with Gasteiger partial charge in [-0.3, -0.25) is 4.79 Å². The molecule has 1 amide bonds. The summed E-state index contributed by atoms with van der Waals surface area (Å²) in [4.78, 5) is 11.8. The van der Waals surface area contributed by atoms with Crippen LogP contribution in [-0.4, -0.2) is 36.6 Å². The molecule has 2 N–H and O–H groups in total. The van der Waals surface area contributed by atoms with E-state index >= 15 is 0 Å². The van der Waals surface area contributed by atoms with Crippen molar-refractivity contribution < 1.29 is 18.3 Å². The minimum atomic E-state index is -3.11. The van der Waals surface area contributed by atoms with Gasteiger partial charge in [0, 0.05) is 10.6 Å². The molecule has 1 heterocycles. The van der Waals surface area contributed by atoms with Gasteiger partial charge in [0.2, 0.25) is 5.91 Å².